The van der Waals surface area contributed by atoms with Crippen molar-refractivity contribution in [3.8, 4) is 0 Å². The normalized spacial score (nSPS) is 36.1. The lowest BCUT2D eigenvalue weighted by molar-refractivity contribution is -0.0664. The number of nitrogens with one attached hydrogen (secondary N) is 1. The first-order chi connectivity index (χ1) is 21.3. The average Bonchev–Trinajstić information content (AvgIpc) is 3.72. The number of fused-ring (bicyclic) bond motifs is 4. The van der Waals surface area contributed by atoms with E-state index in [9.17, 15) is 33.9 Å². The number of hydrogen-bond acceptors (Lipinski definition) is 20. The number of phosphoric acid groups is 2. The first-order valence-corrected chi connectivity index (χ1v) is 15.9. The lowest BCUT2D eigenvalue weighted by Crippen LogP contribution is -2.39. The van der Waals surface area contributed by atoms with E-state index in [2.05, 4.69) is 29.9 Å². The van der Waals surface area contributed by atoms with Gasteiger partial charge in [0.15, 0.2) is 35.1 Å². The largest absolute Gasteiger partial charge is 0.472 e. The Balaban J connectivity index is 0.00000217. The molecule has 3 fully saturated rings. The molecule has 3 aliphatic rings. The first kappa shape index (κ1) is 34.8. The smallest absolute Gasteiger partial charge is 0.386 e. The van der Waals surface area contributed by atoms with Crippen molar-refractivity contribution < 1.29 is 56.7 Å². The number of nitrogens with two attached hydrogens (primary N) is 2. The topological polar surface area (TPSA) is 400 Å². The molecule has 25 nitrogen and oxygen atoms in total. The maximum atomic E-state index is 13.1. The number of phosphoric ester groups is 2. The van der Waals surface area contributed by atoms with Gasteiger partial charge in [0.2, 0.25) is 5.95 Å². The van der Waals surface area contributed by atoms with Crippen LogP contribution in [0.2, 0.25) is 0 Å². The molecule has 0 bridgehead atoms. The lowest BCUT2D eigenvalue weighted by atomic mass is 10.1. The maximum absolute atomic E-state index is 13.1. The van der Waals surface area contributed by atoms with Crippen LogP contribution < -0.4 is 29.3 Å². The van der Waals surface area contributed by atoms with Crippen molar-refractivity contribution in [2.24, 2.45) is 0 Å². The molecule has 0 saturated carbocycles. The molecule has 47 heavy (non-hydrogen) atoms. The highest BCUT2D eigenvalue weighted by molar-refractivity contribution is 7.47. The number of anilines is 2. The Labute approximate surface area is 261 Å². The third-order valence-corrected chi connectivity index (χ3v) is 9.29. The fraction of sp³-hybridized carbons (Fsp3) is 0.500. The number of ether oxygens (including phenoxy) is 2. The molecule has 27 heteroatoms. The quantitative estimate of drug-likeness (QED) is 0.101. The highest BCUT2D eigenvalue weighted by Gasteiger charge is 2.54. The number of aromatic nitrogens is 8. The minimum Gasteiger partial charge on any atom is -0.386 e. The molecule has 2 unspecified atom stereocenters. The fourth-order valence-corrected chi connectivity index (χ4v) is 7.25. The molecule has 15 N–H and O–H groups in total. The van der Waals surface area contributed by atoms with Crippen molar-refractivity contribution in [2.75, 3.05) is 24.7 Å². The monoisotopic (exact) mass is 708 g/mol. The van der Waals surface area contributed by atoms with Gasteiger partial charge in [-0.1, -0.05) is 0 Å². The Morgan fingerprint density at radius 3 is 1.87 bits per heavy atom. The zero-order chi connectivity index (χ0) is 31.8. The zero-order valence-corrected chi connectivity index (χ0v) is 25.6. The summed E-state index contributed by atoms with van der Waals surface area (Å²) in [5, 5.41) is 22.2. The lowest BCUT2D eigenvalue weighted by Gasteiger charge is -2.27. The Hall–Kier alpha value is -3.52. The summed E-state index contributed by atoms with van der Waals surface area (Å²) in [7, 11) is -10.1. The molecule has 0 amide bonds. The van der Waals surface area contributed by atoms with E-state index in [0.29, 0.717) is 0 Å². The second-order valence-electron chi connectivity index (χ2n) is 10.1. The SMILES string of the molecule is N.N.Nc1nc2c(ncn2[C@@H]2O[C@@H]3COP(=O)(O)O[C@H]4[C@@H](O)[C@H](n5cnc6c(N)ncnc65)O[C@@H]4COP(=O)(O)O[C@H]3[C@H]2O)c(=O)[nH]1. The van der Waals surface area contributed by atoms with Crippen LogP contribution in [0.25, 0.3) is 22.3 Å². The van der Waals surface area contributed by atoms with Gasteiger partial charge in [0.25, 0.3) is 5.56 Å². The Bertz CT molecular complexity index is 1940. The molecule has 0 radical (unpaired) electrons. The molecular formula is C20H30N12O13P2. The van der Waals surface area contributed by atoms with Gasteiger partial charge in [0, 0.05) is 0 Å². The zero-order valence-electron chi connectivity index (χ0n) is 23.8. The van der Waals surface area contributed by atoms with Gasteiger partial charge in [0.1, 0.15) is 48.5 Å². The third-order valence-electron chi connectivity index (χ3n) is 7.32. The molecular weight excluding hydrogens is 678 g/mol. The predicted octanol–water partition coefficient (Wildman–Crippen LogP) is -2.02. The van der Waals surface area contributed by atoms with Crippen molar-refractivity contribution in [3.05, 3.63) is 29.3 Å². The van der Waals surface area contributed by atoms with E-state index in [4.69, 9.17) is 39.0 Å². The number of aromatic amines is 1. The van der Waals surface area contributed by atoms with Crippen LogP contribution in [-0.2, 0) is 36.7 Å². The summed E-state index contributed by atoms with van der Waals surface area (Å²) < 4.78 is 60.9. The summed E-state index contributed by atoms with van der Waals surface area (Å²) >= 11 is 0. The average molecular weight is 708 g/mol. The number of nitrogen functional groups attached to an aromatic ring is 2. The van der Waals surface area contributed by atoms with Gasteiger partial charge in [-0.3, -0.25) is 37.0 Å². The van der Waals surface area contributed by atoms with Crippen molar-refractivity contribution >= 4 is 49.7 Å². The van der Waals surface area contributed by atoms with Gasteiger partial charge < -0.3 is 53.2 Å². The first-order valence-electron chi connectivity index (χ1n) is 13.0. The molecule has 7 rings (SSSR count). The van der Waals surface area contributed by atoms with E-state index >= 15 is 0 Å². The van der Waals surface area contributed by atoms with Gasteiger partial charge >= 0.3 is 15.6 Å². The van der Waals surface area contributed by atoms with Crippen molar-refractivity contribution in [1.82, 2.24) is 51.3 Å². The summed E-state index contributed by atoms with van der Waals surface area (Å²) in [6.45, 7) is -1.65. The van der Waals surface area contributed by atoms with E-state index < -0.39 is 83.5 Å². The number of rotatable bonds is 2. The van der Waals surface area contributed by atoms with Gasteiger partial charge in [-0.25, -0.2) is 29.1 Å². The molecule has 7 heterocycles. The molecule has 3 saturated heterocycles. The van der Waals surface area contributed by atoms with Crippen molar-refractivity contribution in [2.45, 2.75) is 49.1 Å². The number of hydrogen-bond donors (Lipinski definition) is 9. The van der Waals surface area contributed by atoms with Gasteiger partial charge in [-0.05, 0) is 0 Å². The van der Waals surface area contributed by atoms with E-state index in [1.807, 2.05) is 0 Å². The highest BCUT2D eigenvalue weighted by Crippen LogP contribution is 2.53. The van der Waals surface area contributed by atoms with Crippen LogP contribution in [0.1, 0.15) is 12.5 Å². The van der Waals surface area contributed by atoms with Gasteiger partial charge in [-0.2, -0.15) is 4.98 Å². The molecule has 0 aliphatic carbocycles. The standard InChI is InChI=1S/C20H24N10O13P2.2H3N/c21-14-8-15(24-3-23-14)29(4-25-8)18-10(31)12-6(40-18)1-38-45(36,37)43-13-7(2-39-44(34,35)42-12)41-19(11(13)32)30-5-26-9-16(30)27-20(22)28-17(9)33;;/h3-7,10-13,18-19,31-32H,1-2H2,(H,34,35)(H,36,37)(H2,21,23,24)(H3,22,27,28,33);2*1H3/t6-,7-,10-,11-,12-,13-,18-,19-;;/m1../s1. The predicted molar refractivity (Wildman–Crippen MR) is 153 cm³/mol. The summed E-state index contributed by atoms with van der Waals surface area (Å²) in [5.41, 5.74) is 10.8. The second-order valence-corrected chi connectivity index (χ2v) is 13.0. The third kappa shape index (κ3) is 6.14. The Morgan fingerprint density at radius 1 is 0.809 bits per heavy atom. The number of H-pyrrole nitrogens is 1. The Morgan fingerprint density at radius 2 is 1.32 bits per heavy atom. The fourth-order valence-electron chi connectivity index (χ4n) is 5.32. The minimum absolute atomic E-state index is 0. The maximum Gasteiger partial charge on any atom is 0.472 e. The number of aliphatic hydroxyl groups is 2. The van der Waals surface area contributed by atoms with Crippen LogP contribution >= 0.6 is 15.6 Å². The molecule has 4 aromatic heterocycles. The van der Waals surface area contributed by atoms with E-state index in [-0.39, 0.29) is 46.4 Å². The van der Waals surface area contributed by atoms with Crippen LogP contribution in [0, 0.1) is 0 Å². The summed E-state index contributed by atoms with van der Waals surface area (Å²) in [4.78, 5) is 55.6. The number of imidazole rings is 2. The van der Waals surface area contributed by atoms with Crippen molar-refractivity contribution in [1.29, 1.82) is 0 Å². The van der Waals surface area contributed by atoms with Gasteiger partial charge in [-0.15, -0.1) is 0 Å². The summed E-state index contributed by atoms with van der Waals surface area (Å²) in [6.07, 6.45) is -9.11. The number of aliphatic hydroxyl groups excluding tert-OH is 2. The molecule has 258 valence electrons. The molecule has 10 atom stereocenters. The van der Waals surface area contributed by atoms with Crippen LogP contribution in [-0.4, -0.2) is 109 Å². The van der Waals surface area contributed by atoms with E-state index in [1.165, 1.54) is 10.9 Å². The molecule has 0 aromatic carbocycles. The van der Waals surface area contributed by atoms with Crippen LogP contribution in [0.4, 0.5) is 11.8 Å². The molecule has 4 aromatic rings. The van der Waals surface area contributed by atoms with Gasteiger partial charge in [0.05, 0.1) is 25.9 Å². The minimum atomic E-state index is -5.06. The highest BCUT2D eigenvalue weighted by atomic mass is 31.2. The van der Waals surface area contributed by atoms with E-state index in [0.717, 1.165) is 17.2 Å². The summed E-state index contributed by atoms with van der Waals surface area (Å²) in [5.74, 6) is -0.230. The van der Waals surface area contributed by atoms with Crippen LogP contribution in [0.15, 0.2) is 23.8 Å². The Kier molecular flexibility index (Phi) is 9.25. The molecule has 3 aliphatic heterocycles. The summed E-state index contributed by atoms with van der Waals surface area (Å²) in [6, 6.07) is 0. The van der Waals surface area contributed by atoms with Crippen LogP contribution in [0.3, 0.4) is 0 Å². The van der Waals surface area contributed by atoms with E-state index in [1.54, 1.807) is 0 Å². The second kappa shape index (κ2) is 12.5. The molecule has 0 spiro atoms. The van der Waals surface area contributed by atoms with Crippen LogP contribution in [0.5, 0.6) is 0 Å². The number of nitrogens with zero attached hydrogens (tertiary/aromatic N) is 7. The van der Waals surface area contributed by atoms with Crippen molar-refractivity contribution in [3.63, 3.8) is 0 Å².